The smallest absolute Gasteiger partial charge is 0.252 e. The minimum Gasteiger partial charge on any atom is -0.310 e. The van der Waals surface area contributed by atoms with Gasteiger partial charge in [-0.2, -0.15) is 0 Å². The number of nitrogens with zero attached hydrogens (tertiary/aromatic N) is 3. The lowest BCUT2D eigenvalue weighted by atomic mass is 9.33. The van der Waals surface area contributed by atoms with Crippen LogP contribution in [0.1, 0.15) is 141 Å². The van der Waals surface area contributed by atoms with Crippen LogP contribution < -0.4 is 26.2 Å². The van der Waals surface area contributed by atoms with Crippen molar-refractivity contribution in [3.63, 3.8) is 0 Å². The van der Waals surface area contributed by atoms with Crippen LogP contribution in [0.4, 0.5) is 34.1 Å². The van der Waals surface area contributed by atoms with Crippen molar-refractivity contribution < 1.29 is 11.0 Å². The van der Waals surface area contributed by atoms with Crippen LogP contribution in [0.3, 0.4) is 0 Å². The predicted molar refractivity (Wildman–Crippen MR) is 432 cm³/mol. The highest BCUT2D eigenvalue weighted by molar-refractivity contribution is 7.00. The number of hydrogen-bond acceptors (Lipinski definition) is 2. The van der Waals surface area contributed by atoms with E-state index in [4.69, 9.17) is 2.74 Å². The fourth-order valence-corrected chi connectivity index (χ4v) is 15.4. The molecule has 0 N–H and O–H groups in total. The van der Waals surface area contributed by atoms with Crippen molar-refractivity contribution in [3.05, 3.63) is 313 Å². The lowest BCUT2D eigenvalue weighted by Crippen LogP contribution is -2.61. The maximum atomic E-state index is 9.90. The molecule has 2 aliphatic heterocycles. The first-order valence-electron chi connectivity index (χ1n) is 39.4. The maximum Gasteiger partial charge on any atom is 0.252 e. The molecule has 0 unspecified atom stereocenters. The van der Waals surface area contributed by atoms with Crippen LogP contribution in [0.25, 0.3) is 94.3 Å². The summed E-state index contributed by atoms with van der Waals surface area (Å²) in [4.78, 5) is 5.09. The van der Waals surface area contributed by atoms with Crippen molar-refractivity contribution in [3.8, 4) is 72.4 Å². The van der Waals surface area contributed by atoms with Crippen LogP contribution in [0.5, 0.6) is 0 Å². The fraction of sp³-hybridized carbons (Fsp3) is 0.188. The Kier molecular flexibility index (Phi) is 13.6. The molecule has 0 saturated heterocycles. The first-order chi connectivity index (χ1) is 51.5. The third-order valence-corrected chi connectivity index (χ3v) is 20.8. The molecule has 0 atom stereocenters. The second-order valence-electron chi connectivity index (χ2n) is 31.1. The van der Waals surface area contributed by atoms with Gasteiger partial charge in [-0.25, -0.2) is 0 Å². The molecule has 2 aliphatic rings. The summed E-state index contributed by atoms with van der Waals surface area (Å²) in [6.07, 6.45) is 0. The van der Waals surface area contributed by atoms with Crippen LogP contribution in [-0.4, -0.2) is 11.3 Å². The first-order valence-corrected chi connectivity index (χ1v) is 35.4. The molecule has 3 heterocycles. The van der Waals surface area contributed by atoms with Crippen molar-refractivity contribution in [2.75, 3.05) is 9.80 Å². The van der Waals surface area contributed by atoms with Crippen LogP contribution in [0.15, 0.2) is 285 Å². The number of rotatable bonds is 11. The van der Waals surface area contributed by atoms with Gasteiger partial charge in [0.15, 0.2) is 0 Å². The molecule has 4 heteroatoms. The molecule has 3 nitrogen and oxygen atoms in total. The summed E-state index contributed by atoms with van der Waals surface area (Å²) in [7, 11) is 0. The van der Waals surface area contributed by atoms with Gasteiger partial charge in [0.2, 0.25) is 0 Å². The topological polar surface area (TPSA) is 11.4 Å². The molecular formula is C96H88BN3. The molecule has 0 aliphatic carbocycles. The maximum absolute atomic E-state index is 9.90. The van der Waals surface area contributed by atoms with Gasteiger partial charge in [0.25, 0.3) is 6.71 Å². The fourth-order valence-electron chi connectivity index (χ4n) is 15.4. The lowest BCUT2D eigenvalue weighted by Gasteiger charge is -2.46. The zero-order valence-electron chi connectivity index (χ0n) is 67.6. The van der Waals surface area contributed by atoms with E-state index in [1.807, 2.05) is 6.07 Å². The Bertz CT molecular complexity index is 5770. The molecule has 0 amide bonds. The van der Waals surface area contributed by atoms with E-state index in [1.165, 1.54) is 22.3 Å². The van der Waals surface area contributed by atoms with Crippen LogP contribution >= 0.6 is 0 Å². The summed E-state index contributed by atoms with van der Waals surface area (Å²) >= 11 is 0. The number of fused-ring (bicyclic) bond motifs is 7. The van der Waals surface area contributed by atoms with Gasteiger partial charge in [0.05, 0.1) is 33.4 Å². The summed E-state index contributed by atoms with van der Waals surface area (Å²) < 4.78 is 77.6. The first kappa shape index (κ1) is 55.2. The van der Waals surface area contributed by atoms with E-state index in [0.717, 1.165) is 123 Å². The zero-order chi connectivity index (χ0) is 76.1. The molecular weight excluding hydrogens is 1210 g/mol. The van der Waals surface area contributed by atoms with Gasteiger partial charge in [-0.05, 0) is 183 Å². The van der Waals surface area contributed by atoms with Crippen molar-refractivity contribution in [2.45, 2.75) is 118 Å². The Morgan fingerprint density at radius 1 is 0.330 bits per heavy atom. The Labute approximate surface area is 604 Å². The van der Waals surface area contributed by atoms with Crippen LogP contribution in [-0.2, 0) is 16.2 Å². The normalized spacial score (nSPS) is 14.1. The summed E-state index contributed by atoms with van der Waals surface area (Å²) in [6, 6.07) is 83.6. The van der Waals surface area contributed by atoms with E-state index in [0.29, 0.717) is 5.69 Å². The van der Waals surface area contributed by atoms with Crippen molar-refractivity contribution in [1.29, 1.82) is 0 Å². The average molecular weight is 1300 g/mol. The van der Waals surface area contributed by atoms with E-state index in [-0.39, 0.29) is 74.1 Å². The van der Waals surface area contributed by atoms with Crippen LogP contribution in [0.2, 0.25) is 0 Å². The predicted octanol–water partition coefficient (Wildman–Crippen LogP) is 25.0. The Balaban J connectivity index is 1.15. The number of aromatic nitrogens is 1. The molecule has 0 bridgehead atoms. The Morgan fingerprint density at radius 3 is 1.21 bits per heavy atom. The van der Waals surface area contributed by atoms with Gasteiger partial charge in [-0.3, -0.25) is 0 Å². The molecule has 16 rings (SSSR count). The molecule has 0 spiro atoms. The lowest BCUT2D eigenvalue weighted by molar-refractivity contribution is 0.590. The Morgan fingerprint density at radius 2 is 0.770 bits per heavy atom. The largest absolute Gasteiger partial charge is 0.310 e. The highest BCUT2D eigenvalue weighted by Gasteiger charge is 2.46. The summed E-state index contributed by atoms with van der Waals surface area (Å²) in [5, 5.41) is 0.0311. The van der Waals surface area contributed by atoms with E-state index in [1.54, 1.807) is 4.57 Å². The van der Waals surface area contributed by atoms with E-state index in [2.05, 4.69) is 330 Å². The second kappa shape index (κ2) is 24.6. The van der Waals surface area contributed by atoms with Gasteiger partial charge in [-0.1, -0.05) is 308 Å². The Hall–Kier alpha value is -10.7. The number of benzene rings is 13. The molecule has 0 radical (unpaired) electrons. The highest BCUT2D eigenvalue weighted by atomic mass is 15.2. The minimum atomic E-state index is -0.506. The van der Waals surface area contributed by atoms with Crippen molar-refractivity contribution >= 4 is 79.0 Å². The molecule has 490 valence electrons. The zero-order valence-corrected chi connectivity index (χ0v) is 59.6. The SMILES string of the molecule is [2H]c1c([2H])c([2H])c2c(c1[2H])c1c([2H])c([2H])c([2H])c([2H])c1n2-c1ccc2c(c1)N(c1c(-c3ccccc3)cc(C(C)(C)C)cc1-c1ccccc1)c1cc(-c3ccc(C(C)C)cc3C(C)C)cc3c1B2c1cc(-c2ccc(C(C)(C)C)cc2)ccc1N3c1c(-c2ccccc2)cc(C(C)(C)C)cc1-c1ccccc1. The van der Waals surface area contributed by atoms with Gasteiger partial charge in [0, 0.05) is 61.5 Å². The van der Waals surface area contributed by atoms with Gasteiger partial charge >= 0.3 is 0 Å². The second-order valence-corrected chi connectivity index (χ2v) is 31.1. The van der Waals surface area contributed by atoms with Crippen molar-refractivity contribution in [2.24, 2.45) is 0 Å². The quantitative estimate of drug-likeness (QED) is 0.120. The standard InChI is InChI=1S/C96H88BN3/c1-61(2)68-44-49-75(78(52-68)62(3)4)70-54-89-91-90(55-70)100(93-81(66-34-22-16-23-35-66)58-73(96(11,12)13)59-82(93)67-36-24-17-25-37-67)88-60-74(98-85-40-28-26-38-76(85)77-39-27-29-41-86(77)98)48-50-83(88)97(91)84-53-69(63-42-46-71(47-43-63)94(5,6)7)45-51-87(84)99(89)92-79(64-30-18-14-19-31-64)56-72(95(8,9)10)57-80(92)65-32-20-15-21-33-65/h14-62H,1-13H3/i26D,27D,28D,29D,38D,39D,40D,41D. The number of hydrogen-bond donors (Lipinski definition) is 0. The third-order valence-electron chi connectivity index (χ3n) is 20.8. The van der Waals surface area contributed by atoms with E-state index < -0.39 is 30.9 Å². The molecule has 100 heavy (non-hydrogen) atoms. The molecule has 0 fully saturated rings. The third kappa shape index (κ3) is 11.1. The van der Waals surface area contributed by atoms with Gasteiger partial charge in [0.1, 0.15) is 0 Å². The monoisotopic (exact) mass is 1300 g/mol. The van der Waals surface area contributed by atoms with E-state index in [9.17, 15) is 8.22 Å². The average Bonchev–Trinajstić information content (AvgIpc) is 1.16. The molecule has 14 aromatic rings. The molecule has 1 aromatic heterocycles. The van der Waals surface area contributed by atoms with Gasteiger partial charge in [-0.15, -0.1) is 0 Å². The molecule has 13 aromatic carbocycles. The summed E-state index contributed by atoms with van der Waals surface area (Å²) in [5.74, 6) is 0.374. The van der Waals surface area contributed by atoms with Gasteiger partial charge < -0.3 is 14.4 Å². The van der Waals surface area contributed by atoms with E-state index >= 15 is 0 Å². The van der Waals surface area contributed by atoms with Crippen LogP contribution in [0, 0.1) is 0 Å². The number of anilines is 6. The summed E-state index contributed by atoms with van der Waals surface area (Å²) in [5.41, 5.74) is 27.0. The highest BCUT2D eigenvalue weighted by Crippen LogP contribution is 2.56. The summed E-state index contributed by atoms with van der Waals surface area (Å²) in [6.45, 7) is 29.1. The molecule has 0 saturated carbocycles. The van der Waals surface area contributed by atoms with Crippen molar-refractivity contribution in [1.82, 2.24) is 4.57 Å². The minimum absolute atomic E-state index is 0.0155. The number of para-hydroxylation sites is 2.